The molecule has 144 valence electrons. The van der Waals surface area contributed by atoms with Gasteiger partial charge in [-0.1, -0.05) is 6.92 Å². The number of methoxy groups -OCH3 is 1. The quantitative estimate of drug-likeness (QED) is 0.837. The van der Waals surface area contributed by atoms with Crippen molar-refractivity contribution in [1.82, 2.24) is 10.2 Å². The lowest BCUT2D eigenvalue weighted by molar-refractivity contribution is -0.114. The number of hydrogen-bond acceptors (Lipinski definition) is 5. The molecule has 1 aliphatic heterocycles. The van der Waals surface area contributed by atoms with Crippen LogP contribution < -0.4 is 15.4 Å². The van der Waals surface area contributed by atoms with Gasteiger partial charge in [-0.05, 0) is 31.0 Å². The molecule has 1 aromatic carbocycles. The van der Waals surface area contributed by atoms with Gasteiger partial charge in [-0.2, -0.15) is 0 Å². The lowest BCUT2D eigenvalue weighted by Crippen LogP contribution is -2.44. The molecule has 0 aromatic heterocycles. The average Bonchev–Trinajstić information content (AvgIpc) is 2.60. The Labute approximate surface area is 155 Å². The second kappa shape index (κ2) is 9.00. The average molecular weight is 363 g/mol. The van der Waals surface area contributed by atoms with Crippen LogP contribution in [0.15, 0.2) is 18.2 Å². The third-order valence-electron chi connectivity index (χ3n) is 4.55. The smallest absolute Gasteiger partial charge is 0.257 e. The Bertz CT molecular complexity index is 650. The van der Waals surface area contributed by atoms with Crippen molar-refractivity contribution in [3.63, 3.8) is 0 Å². The van der Waals surface area contributed by atoms with Crippen molar-refractivity contribution in [3.8, 4) is 5.75 Å². The lowest BCUT2D eigenvalue weighted by Gasteiger charge is -2.30. The molecule has 0 unspecified atom stereocenters. The molecule has 26 heavy (non-hydrogen) atoms. The lowest BCUT2D eigenvalue weighted by atomic mass is 10.0. The maximum Gasteiger partial charge on any atom is 0.257 e. The molecule has 0 aliphatic carbocycles. The minimum absolute atomic E-state index is 0.0778. The van der Waals surface area contributed by atoms with Crippen LogP contribution in [0.4, 0.5) is 5.69 Å². The molecule has 3 atom stereocenters. The Hall–Kier alpha value is -2.12. The van der Waals surface area contributed by atoms with Crippen molar-refractivity contribution >= 4 is 17.5 Å². The summed E-state index contributed by atoms with van der Waals surface area (Å²) >= 11 is 0. The predicted molar refractivity (Wildman–Crippen MR) is 101 cm³/mol. The predicted octanol–water partition coefficient (Wildman–Crippen LogP) is 1.74. The van der Waals surface area contributed by atoms with E-state index in [4.69, 9.17) is 9.47 Å². The van der Waals surface area contributed by atoms with Gasteiger partial charge in [0.25, 0.3) is 5.91 Å². The molecule has 0 saturated carbocycles. The molecule has 2 amide bonds. The topological polar surface area (TPSA) is 79.9 Å². The van der Waals surface area contributed by atoms with E-state index in [0.717, 1.165) is 6.54 Å². The number of benzene rings is 1. The van der Waals surface area contributed by atoms with E-state index in [0.29, 0.717) is 30.2 Å². The fourth-order valence-corrected chi connectivity index (χ4v) is 2.94. The van der Waals surface area contributed by atoms with Crippen LogP contribution in [0.25, 0.3) is 0 Å². The molecule has 0 fully saturated rings. The van der Waals surface area contributed by atoms with Crippen molar-refractivity contribution < 1.29 is 19.1 Å². The first-order chi connectivity index (χ1) is 12.3. The second-order valence-electron chi connectivity index (χ2n) is 6.95. The summed E-state index contributed by atoms with van der Waals surface area (Å²) in [5.74, 6) is 0.392. The van der Waals surface area contributed by atoms with Gasteiger partial charge >= 0.3 is 0 Å². The number of rotatable bonds is 2. The summed E-state index contributed by atoms with van der Waals surface area (Å²) in [5, 5.41) is 6.15. The Morgan fingerprint density at radius 2 is 2.12 bits per heavy atom. The zero-order valence-electron chi connectivity index (χ0n) is 16.2. The van der Waals surface area contributed by atoms with Crippen LogP contribution >= 0.6 is 0 Å². The van der Waals surface area contributed by atoms with Crippen LogP contribution in [0.3, 0.4) is 0 Å². The Kier molecular flexibility index (Phi) is 6.99. The van der Waals surface area contributed by atoms with Crippen molar-refractivity contribution in [2.24, 2.45) is 5.92 Å². The number of fused-ring (bicyclic) bond motifs is 1. The van der Waals surface area contributed by atoms with E-state index in [9.17, 15) is 9.59 Å². The van der Waals surface area contributed by atoms with Crippen molar-refractivity contribution in [2.75, 3.05) is 39.2 Å². The summed E-state index contributed by atoms with van der Waals surface area (Å²) in [4.78, 5) is 26.0. The maximum atomic E-state index is 13.0. The molecule has 1 heterocycles. The third-order valence-corrected chi connectivity index (χ3v) is 4.55. The van der Waals surface area contributed by atoms with E-state index in [2.05, 4.69) is 17.6 Å². The SMILES string of the molecule is CO[C@@H]1CN(C)C(=O)c2cc(NC(C)=O)ccc2OC[C@H](C)NC[C@H]1C. The highest BCUT2D eigenvalue weighted by Crippen LogP contribution is 2.25. The van der Waals surface area contributed by atoms with Gasteiger partial charge in [-0.15, -0.1) is 0 Å². The highest BCUT2D eigenvalue weighted by atomic mass is 16.5. The van der Waals surface area contributed by atoms with E-state index < -0.39 is 0 Å². The molecule has 7 nitrogen and oxygen atoms in total. The van der Waals surface area contributed by atoms with Crippen molar-refractivity contribution in [2.45, 2.75) is 32.9 Å². The van der Waals surface area contributed by atoms with Crippen molar-refractivity contribution in [3.05, 3.63) is 23.8 Å². The molecule has 0 saturated heterocycles. The molecular formula is C19H29N3O4. The number of carbonyl (C=O) groups excluding carboxylic acids is 2. The van der Waals surface area contributed by atoms with Crippen LogP contribution in [0, 0.1) is 5.92 Å². The van der Waals surface area contributed by atoms with Gasteiger partial charge < -0.3 is 25.0 Å². The summed E-state index contributed by atoms with van der Waals surface area (Å²) in [6.07, 6.45) is -0.0778. The highest BCUT2D eigenvalue weighted by Gasteiger charge is 2.25. The third kappa shape index (κ3) is 5.19. The van der Waals surface area contributed by atoms with Gasteiger partial charge in [-0.25, -0.2) is 0 Å². The molecule has 1 aliphatic rings. The summed E-state index contributed by atoms with van der Waals surface area (Å²) in [6.45, 7) is 7.26. The van der Waals surface area contributed by atoms with Gasteiger partial charge in [0, 0.05) is 45.9 Å². The monoisotopic (exact) mass is 363 g/mol. The number of anilines is 1. The van der Waals surface area contributed by atoms with E-state index in [1.807, 2.05) is 6.92 Å². The summed E-state index contributed by atoms with van der Waals surface area (Å²) in [5.41, 5.74) is 0.991. The number of amides is 2. The number of nitrogens with one attached hydrogen (secondary N) is 2. The van der Waals surface area contributed by atoms with E-state index in [1.165, 1.54) is 6.92 Å². The molecule has 1 aromatic rings. The minimum atomic E-state index is -0.189. The maximum absolute atomic E-state index is 13.0. The zero-order chi connectivity index (χ0) is 19.3. The van der Waals surface area contributed by atoms with Crippen molar-refractivity contribution in [1.29, 1.82) is 0 Å². The Balaban J connectivity index is 2.37. The van der Waals surface area contributed by atoms with Gasteiger partial charge in [0.1, 0.15) is 12.4 Å². The standard InChI is InChI=1S/C19H29N3O4/c1-12-9-20-13(2)11-26-17-7-6-15(21-14(3)23)8-16(17)19(24)22(4)10-18(12)25-5/h6-8,12-13,18,20H,9-11H2,1-5H3,(H,21,23)/t12-,13+,18-/m1/s1. The number of ether oxygens (including phenoxy) is 2. The molecule has 2 N–H and O–H groups in total. The van der Waals surface area contributed by atoms with Gasteiger partial charge in [-0.3, -0.25) is 9.59 Å². The summed E-state index contributed by atoms with van der Waals surface area (Å²) in [7, 11) is 3.42. The second-order valence-corrected chi connectivity index (χ2v) is 6.95. The highest BCUT2D eigenvalue weighted by molar-refractivity contribution is 5.99. The van der Waals surface area contributed by atoms with Gasteiger partial charge in [0.15, 0.2) is 0 Å². The minimum Gasteiger partial charge on any atom is -0.491 e. The summed E-state index contributed by atoms with van der Waals surface area (Å²) in [6, 6.07) is 5.24. The van der Waals surface area contributed by atoms with E-state index in [-0.39, 0.29) is 29.9 Å². The molecule has 0 bridgehead atoms. The van der Waals surface area contributed by atoms with Crippen LogP contribution in [0.5, 0.6) is 5.75 Å². The first-order valence-electron chi connectivity index (χ1n) is 8.88. The Morgan fingerprint density at radius 3 is 2.77 bits per heavy atom. The number of likely N-dealkylation sites (N-methyl/N-ethyl adjacent to an activating group) is 1. The molecule has 2 rings (SSSR count). The molecule has 0 radical (unpaired) electrons. The van der Waals surface area contributed by atoms with Gasteiger partial charge in [0.2, 0.25) is 5.91 Å². The van der Waals surface area contributed by atoms with Gasteiger partial charge in [0.05, 0.1) is 11.7 Å². The fraction of sp³-hybridized carbons (Fsp3) is 0.579. The largest absolute Gasteiger partial charge is 0.491 e. The molecular weight excluding hydrogens is 334 g/mol. The molecule has 0 spiro atoms. The van der Waals surface area contributed by atoms with E-state index in [1.54, 1.807) is 37.3 Å². The zero-order valence-corrected chi connectivity index (χ0v) is 16.2. The first kappa shape index (κ1) is 20.2. The van der Waals surface area contributed by atoms with Crippen LogP contribution in [-0.4, -0.2) is 62.7 Å². The number of hydrogen-bond donors (Lipinski definition) is 2. The summed E-state index contributed by atoms with van der Waals surface area (Å²) < 4.78 is 11.5. The number of carbonyl (C=O) groups is 2. The van der Waals surface area contributed by atoms with Crippen LogP contribution in [0.2, 0.25) is 0 Å². The van der Waals surface area contributed by atoms with Crippen LogP contribution in [0.1, 0.15) is 31.1 Å². The molecule has 7 heteroatoms. The Morgan fingerprint density at radius 1 is 1.38 bits per heavy atom. The fourth-order valence-electron chi connectivity index (χ4n) is 2.94. The number of nitrogens with zero attached hydrogens (tertiary/aromatic N) is 1. The van der Waals surface area contributed by atoms with E-state index >= 15 is 0 Å². The first-order valence-corrected chi connectivity index (χ1v) is 8.88. The normalized spacial score (nSPS) is 24.7. The van der Waals surface area contributed by atoms with Crippen LogP contribution in [-0.2, 0) is 9.53 Å².